The summed E-state index contributed by atoms with van der Waals surface area (Å²) >= 11 is 0. The van der Waals surface area contributed by atoms with Crippen LogP contribution in [0.15, 0.2) is 34.9 Å². The molecule has 1 fully saturated rings. The van der Waals surface area contributed by atoms with Crippen molar-refractivity contribution in [3.05, 3.63) is 34.9 Å². The van der Waals surface area contributed by atoms with Crippen molar-refractivity contribution >= 4 is 11.6 Å². The van der Waals surface area contributed by atoms with E-state index in [-0.39, 0.29) is 22.8 Å². The highest BCUT2D eigenvalue weighted by Crippen LogP contribution is 2.63. The average Bonchev–Trinajstić information content (AvgIpc) is 2.58. The minimum absolute atomic E-state index is 0.0425. The molecule has 0 saturated heterocycles. The Morgan fingerprint density at radius 3 is 2.36 bits per heavy atom. The van der Waals surface area contributed by atoms with E-state index in [9.17, 15) is 19.2 Å². The molecule has 3 unspecified atom stereocenters. The first-order chi connectivity index (χ1) is 11.7. The van der Waals surface area contributed by atoms with Gasteiger partial charge < -0.3 is 0 Å². The van der Waals surface area contributed by atoms with Crippen molar-refractivity contribution in [2.75, 3.05) is 6.67 Å². The zero-order chi connectivity index (χ0) is 18.6. The van der Waals surface area contributed by atoms with Crippen molar-refractivity contribution < 1.29 is 14.0 Å². The Labute approximate surface area is 146 Å². The van der Waals surface area contributed by atoms with Gasteiger partial charge in [-0.3, -0.25) is 9.59 Å². The molecule has 0 radical (unpaired) electrons. The molecule has 1 saturated carbocycles. The maximum atomic E-state index is 14.2. The summed E-state index contributed by atoms with van der Waals surface area (Å²) in [5, 5.41) is 18.6. The summed E-state index contributed by atoms with van der Waals surface area (Å²) in [6.07, 6.45) is 5.44. The van der Waals surface area contributed by atoms with Crippen LogP contribution in [-0.2, 0) is 9.59 Å². The minimum Gasteiger partial charge on any atom is -0.293 e. The number of hydrogen-bond acceptors (Lipinski definition) is 4. The zero-order valence-corrected chi connectivity index (χ0v) is 14.5. The molecule has 25 heavy (non-hydrogen) atoms. The Hall–Kier alpha value is -2.53. The summed E-state index contributed by atoms with van der Waals surface area (Å²) in [6, 6.07) is 3.81. The van der Waals surface area contributed by atoms with Gasteiger partial charge in [0, 0.05) is 16.2 Å². The van der Waals surface area contributed by atoms with Gasteiger partial charge in [-0.25, -0.2) is 4.39 Å². The van der Waals surface area contributed by atoms with Crippen LogP contribution in [0.4, 0.5) is 4.39 Å². The Morgan fingerprint density at radius 2 is 1.80 bits per heavy atom. The van der Waals surface area contributed by atoms with Crippen molar-refractivity contribution in [3.63, 3.8) is 0 Å². The molecule has 3 rings (SSSR count). The van der Waals surface area contributed by atoms with Crippen LogP contribution >= 0.6 is 0 Å². The maximum Gasteiger partial charge on any atom is 0.196 e. The number of nitrogens with zero attached hydrogens (tertiary/aromatic N) is 2. The molecule has 3 aliphatic carbocycles. The summed E-state index contributed by atoms with van der Waals surface area (Å²) in [4.78, 5) is 24.9. The first-order valence-electron chi connectivity index (χ1n) is 8.30. The van der Waals surface area contributed by atoms with E-state index in [2.05, 4.69) is 0 Å². The molecule has 0 aromatic carbocycles. The molecule has 3 atom stereocenters. The second kappa shape index (κ2) is 5.23. The van der Waals surface area contributed by atoms with Gasteiger partial charge in [-0.1, -0.05) is 26.8 Å². The fourth-order valence-corrected chi connectivity index (χ4v) is 5.07. The number of rotatable bonds is 1. The monoisotopic (exact) mass is 338 g/mol. The van der Waals surface area contributed by atoms with Crippen LogP contribution < -0.4 is 0 Å². The fourth-order valence-electron chi connectivity index (χ4n) is 5.07. The number of fused-ring (bicyclic) bond motifs is 3. The van der Waals surface area contributed by atoms with E-state index in [4.69, 9.17) is 5.26 Å². The molecule has 0 aromatic heterocycles. The molecule has 0 spiro atoms. The van der Waals surface area contributed by atoms with Crippen molar-refractivity contribution in [3.8, 4) is 12.1 Å². The second-order valence-corrected chi connectivity index (χ2v) is 7.98. The summed E-state index contributed by atoms with van der Waals surface area (Å²) in [5.74, 6) is -0.786. The van der Waals surface area contributed by atoms with Crippen LogP contribution in [0.2, 0.25) is 0 Å². The van der Waals surface area contributed by atoms with Crippen LogP contribution in [0, 0.1) is 44.8 Å². The van der Waals surface area contributed by atoms with Crippen molar-refractivity contribution in [2.24, 2.45) is 22.2 Å². The minimum atomic E-state index is -1.02. The molecule has 0 bridgehead atoms. The molecule has 5 heteroatoms. The number of hydrogen-bond donors (Lipinski definition) is 0. The largest absolute Gasteiger partial charge is 0.293 e. The van der Waals surface area contributed by atoms with E-state index in [1.165, 1.54) is 12.2 Å². The van der Waals surface area contributed by atoms with Gasteiger partial charge in [0.05, 0.1) is 11.1 Å². The molecule has 0 heterocycles. The number of halogens is 1. The SMILES string of the molecule is CC1(C)C(=O)C(C#N)=CC2(C)C3=CC(=O)C(C#N)=CC3(CF)CCC12. The lowest BCUT2D eigenvalue weighted by Gasteiger charge is -2.57. The van der Waals surface area contributed by atoms with Gasteiger partial charge in [0.25, 0.3) is 0 Å². The normalized spacial score (nSPS) is 36.1. The first-order valence-corrected chi connectivity index (χ1v) is 8.30. The van der Waals surface area contributed by atoms with E-state index >= 15 is 0 Å². The molecule has 3 aliphatic rings. The average molecular weight is 338 g/mol. The first kappa shape index (κ1) is 17.3. The second-order valence-electron chi connectivity index (χ2n) is 7.98. The van der Waals surface area contributed by atoms with Gasteiger partial charge in [-0.15, -0.1) is 0 Å². The highest BCUT2D eigenvalue weighted by Gasteiger charge is 2.59. The lowest BCUT2D eigenvalue weighted by Crippen LogP contribution is -2.54. The van der Waals surface area contributed by atoms with Crippen LogP contribution in [0.5, 0.6) is 0 Å². The molecule has 0 amide bonds. The van der Waals surface area contributed by atoms with E-state index in [0.29, 0.717) is 18.4 Å². The van der Waals surface area contributed by atoms with Crippen LogP contribution in [0.3, 0.4) is 0 Å². The quantitative estimate of drug-likeness (QED) is 0.734. The number of ketones is 2. The molecule has 0 aliphatic heterocycles. The third kappa shape index (κ3) is 2.09. The maximum absolute atomic E-state index is 14.2. The predicted octanol–water partition coefficient (Wildman–Crippen LogP) is 3.38. The van der Waals surface area contributed by atoms with E-state index in [1.807, 2.05) is 32.9 Å². The number of carbonyl (C=O) groups is 2. The zero-order valence-electron chi connectivity index (χ0n) is 14.5. The van der Waals surface area contributed by atoms with Gasteiger partial charge >= 0.3 is 0 Å². The van der Waals surface area contributed by atoms with E-state index in [0.717, 1.165) is 0 Å². The number of alkyl halides is 1. The summed E-state index contributed by atoms with van der Waals surface area (Å²) < 4.78 is 14.2. The van der Waals surface area contributed by atoms with Crippen LogP contribution in [-0.4, -0.2) is 18.2 Å². The smallest absolute Gasteiger partial charge is 0.196 e. The van der Waals surface area contributed by atoms with Crippen molar-refractivity contribution in [1.82, 2.24) is 0 Å². The highest BCUT2D eigenvalue weighted by atomic mass is 19.1. The number of carbonyl (C=O) groups excluding carboxylic acids is 2. The third-order valence-corrected chi connectivity index (χ3v) is 6.31. The fraction of sp³-hybridized carbons (Fsp3) is 0.500. The standard InChI is InChI=1S/C20H19FN2O2/c1-18(2)15-4-5-20(11-21)8-12(9-22)14(24)6-16(20)19(15,3)7-13(10-23)17(18)25/h6-8,15H,4-5,11H2,1-3H3. The Balaban J connectivity index is 2.28. The van der Waals surface area contributed by atoms with Crippen LogP contribution in [0.1, 0.15) is 33.6 Å². The van der Waals surface area contributed by atoms with Crippen molar-refractivity contribution in [1.29, 1.82) is 10.5 Å². The molecule has 0 N–H and O–H groups in total. The number of allylic oxidation sites excluding steroid dienone is 6. The van der Waals surface area contributed by atoms with E-state index < -0.39 is 28.7 Å². The number of nitriles is 2. The number of Topliss-reactive ketones (excluding diaryl/α,β-unsaturated/α-hetero) is 1. The van der Waals surface area contributed by atoms with Gasteiger partial charge in [0.2, 0.25) is 0 Å². The third-order valence-electron chi connectivity index (χ3n) is 6.31. The molecule has 0 aromatic rings. The van der Waals surface area contributed by atoms with Crippen molar-refractivity contribution in [2.45, 2.75) is 33.6 Å². The molecular weight excluding hydrogens is 319 g/mol. The molecular formula is C20H19FN2O2. The molecule has 4 nitrogen and oxygen atoms in total. The van der Waals surface area contributed by atoms with E-state index in [1.54, 1.807) is 6.08 Å². The Morgan fingerprint density at radius 1 is 1.16 bits per heavy atom. The lowest BCUT2D eigenvalue weighted by atomic mass is 9.45. The van der Waals surface area contributed by atoms with Crippen LogP contribution in [0.25, 0.3) is 0 Å². The predicted molar refractivity (Wildman–Crippen MR) is 88.5 cm³/mol. The lowest BCUT2D eigenvalue weighted by molar-refractivity contribution is -0.130. The van der Waals surface area contributed by atoms with Gasteiger partial charge in [0.1, 0.15) is 18.8 Å². The highest BCUT2D eigenvalue weighted by molar-refractivity contribution is 6.09. The Kier molecular flexibility index (Phi) is 3.62. The van der Waals surface area contributed by atoms with Gasteiger partial charge in [-0.05, 0) is 36.5 Å². The summed E-state index contributed by atoms with van der Waals surface area (Å²) in [7, 11) is 0. The van der Waals surface area contributed by atoms with Gasteiger partial charge in [0.15, 0.2) is 11.6 Å². The molecule has 128 valence electrons. The summed E-state index contributed by atoms with van der Waals surface area (Å²) in [6.45, 7) is 4.78. The summed E-state index contributed by atoms with van der Waals surface area (Å²) in [5.41, 5.74) is -1.98. The van der Waals surface area contributed by atoms with Gasteiger partial charge in [-0.2, -0.15) is 10.5 Å². The Bertz CT molecular complexity index is 865. The topological polar surface area (TPSA) is 81.7 Å².